The van der Waals surface area contributed by atoms with E-state index >= 15 is 0 Å². The van der Waals surface area contributed by atoms with E-state index in [0.29, 0.717) is 5.57 Å². The highest BCUT2D eigenvalue weighted by Crippen LogP contribution is 2.43. The molecule has 1 heterocycles. The molecule has 2 nitrogen and oxygen atoms in total. The van der Waals surface area contributed by atoms with Gasteiger partial charge in [0.2, 0.25) is 0 Å². The number of nitrogens with zero attached hydrogens (tertiary/aromatic N) is 1. The maximum atomic E-state index is 12.9. The average Bonchev–Trinajstić information content (AvgIpc) is 2.90. The van der Waals surface area contributed by atoms with Crippen molar-refractivity contribution in [2.45, 2.75) is 0 Å². The van der Waals surface area contributed by atoms with Gasteiger partial charge in [0, 0.05) is 22.9 Å². The molecule has 4 rings (SSSR count). The highest BCUT2D eigenvalue weighted by atomic mass is 35.5. The molecule has 116 valence electrons. The smallest absolute Gasteiger partial charge is 0.267 e. The summed E-state index contributed by atoms with van der Waals surface area (Å²) in [6, 6.07) is 27.5. The summed E-state index contributed by atoms with van der Waals surface area (Å²) in [5.74, 6) is -0.194. The van der Waals surface area contributed by atoms with Crippen molar-refractivity contribution in [3.8, 4) is 0 Å². The summed E-state index contributed by atoms with van der Waals surface area (Å²) in [6.45, 7) is 0. The maximum absolute atomic E-state index is 12.9. The summed E-state index contributed by atoms with van der Waals surface area (Å²) in [4.78, 5) is 12.9. The molecule has 3 aromatic carbocycles. The topological polar surface area (TPSA) is 20.3 Å². The Kier molecular flexibility index (Phi) is 3.68. The van der Waals surface area contributed by atoms with Crippen LogP contribution in [-0.2, 0) is 4.79 Å². The first-order valence-electron chi connectivity index (χ1n) is 7.72. The Labute approximate surface area is 145 Å². The molecule has 1 aliphatic heterocycles. The highest BCUT2D eigenvalue weighted by molar-refractivity contribution is 6.52. The minimum absolute atomic E-state index is 0.194. The Hall–Kier alpha value is -2.84. The molecule has 1 amide bonds. The monoisotopic (exact) mass is 331 g/mol. The van der Waals surface area contributed by atoms with Gasteiger partial charge in [0.15, 0.2) is 0 Å². The quantitative estimate of drug-likeness (QED) is 0.470. The Morgan fingerprint density at radius 3 is 1.79 bits per heavy atom. The third-order valence-electron chi connectivity index (χ3n) is 4.15. The van der Waals surface area contributed by atoms with Gasteiger partial charge in [-0.3, -0.25) is 4.79 Å². The van der Waals surface area contributed by atoms with Crippen molar-refractivity contribution >= 4 is 34.5 Å². The van der Waals surface area contributed by atoms with E-state index in [2.05, 4.69) is 0 Å². The molecule has 0 N–H and O–H groups in total. The molecule has 0 aliphatic carbocycles. The van der Waals surface area contributed by atoms with Gasteiger partial charge < -0.3 is 0 Å². The van der Waals surface area contributed by atoms with Crippen molar-refractivity contribution in [3.05, 3.63) is 102 Å². The predicted octanol–water partition coefficient (Wildman–Crippen LogP) is 5.15. The van der Waals surface area contributed by atoms with E-state index in [1.165, 1.54) is 4.42 Å². The van der Waals surface area contributed by atoms with E-state index in [4.69, 9.17) is 11.8 Å². The zero-order chi connectivity index (χ0) is 16.5. The number of halogens is 1. The van der Waals surface area contributed by atoms with Gasteiger partial charge in [-0.05, 0) is 17.2 Å². The van der Waals surface area contributed by atoms with Crippen LogP contribution in [0.1, 0.15) is 16.7 Å². The van der Waals surface area contributed by atoms with Crippen LogP contribution in [0.3, 0.4) is 0 Å². The van der Waals surface area contributed by atoms with Crippen LogP contribution >= 0.6 is 11.8 Å². The Morgan fingerprint density at radius 2 is 1.21 bits per heavy atom. The van der Waals surface area contributed by atoms with E-state index in [1.54, 1.807) is 0 Å². The summed E-state index contributed by atoms with van der Waals surface area (Å²) in [6.07, 6.45) is 0. The molecule has 0 spiro atoms. The number of benzene rings is 3. The number of anilines is 1. The SMILES string of the molecule is O=C1C(=C(c2ccccc2)c2ccccc2)c2ccccc2N1Cl. The molecular weight excluding hydrogens is 318 g/mol. The minimum atomic E-state index is -0.194. The second kappa shape index (κ2) is 5.99. The summed E-state index contributed by atoms with van der Waals surface area (Å²) in [7, 11) is 0. The molecule has 0 fully saturated rings. The second-order valence-corrected chi connectivity index (χ2v) is 5.92. The molecular formula is C21H14ClNO. The van der Waals surface area contributed by atoms with Crippen LogP contribution in [0.4, 0.5) is 5.69 Å². The number of carbonyl (C=O) groups is 1. The van der Waals surface area contributed by atoms with E-state index in [-0.39, 0.29) is 5.91 Å². The van der Waals surface area contributed by atoms with E-state index < -0.39 is 0 Å². The molecule has 0 saturated carbocycles. The first-order valence-corrected chi connectivity index (χ1v) is 8.06. The number of para-hydroxylation sites is 1. The molecule has 0 bridgehead atoms. The van der Waals surface area contributed by atoms with E-state index in [1.807, 2.05) is 84.9 Å². The van der Waals surface area contributed by atoms with Crippen LogP contribution in [0.5, 0.6) is 0 Å². The summed E-state index contributed by atoms with van der Waals surface area (Å²) in [5.41, 5.74) is 5.11. The van der Waals surface area contributed by atoms with Crippen molar-refractivity contribution in [2.75, 3.05) is 4.42 Å². The molecule has 0 atom stereocenters. The lowest BCUT2D eigenvalue weighted by Crippen LogP contribution is -2.15. The Bertz CT molecular complexity index is 891. The fraction of sp³-hybridized carbons (Fsp3) is 0. The van der Waals surface area contributed by atoms with Crippen LogP contribution in [0.25, 0.3) is 11.1 Å². The van der Waals surface area contributed by atoms with Crippen LogP contribution in [0, 0.1) is 0 Å². The van der Waals surface area contributed by atoms with Gasteiger partial charge in [-0.15, -0.1) is 0 Å². The van der Waals surface area contributed by atoms with Crippen molar-refractivity contribution < 1.29 is 4.79 Å². The summed E-state index contributed by atoms with van der Waals surface area (Å²) >= 11 is 6.26. The van der Waals surface area contributed by atoms with Crippen molar-refractivity contribution in [2.24, 2.45) is 0 Å². The molecule has 24 heavy (non-hydrogen) atoms. The molecule has 0 unspecified atom stereocenters. The van der Waals surface area contributed by atoms with Gasteiger partial charge >= 0.3 is 0 Å². The molecule has 0 saturated heterocycles. The van der Waals surface area contributed by atoms with Crippen LogP contribution in [-0.4, -0.2) is 5.91 Å². The van der Waals surface area contributed by atoms with Gasteiger partial charge in [-0.2, -0.15) is 0 Å². The maximum Gasteiger partial charge on any atom is 0.274 e. The van der Waals surface area contributed by atoms with Crippen molar-refractivity contribution in [1.29, 1.82) is 0 Å². The number of carbonyl (C=O) groups excluding carboxylic acids is 1. The average molecular weight is 332 g/mol. The van der Waals surface area contributed by atoms with Crippen LogP contribution < -0.4 is 4.42 Å². The molecule has 1 aliphatic rings. The standard InChI is InChI=1S/C21H14ClNO/c22-23-18-14-8-7-13-17(18)20(21(23)24)19(15-9-3-1-4-10-15)16-11-5-2-6-12-16/h1-14H. The first kappa shape index (κ1) is 14.7. The third-order valence-corrected chi connectivity index (χ3v) is 4.49. The largest absolute Gasteiger partial charge is 0.274 e. The summed E-state index contributed by atoms with van der Waals surface area (Å²) in [5, 5.41) is 0. The predicted molar refractivity (Wildman–Crippen MR) is 98.6 cm³/mol. The Balaban J connectivity index is 2.07. The molecule has 0 aromatic heterocycles. The Morgan fingerprint density at radius 1 is 0.708 bits per heavy atom. The van der Waals surface area contributed by atoms with Crippen molar-refractivity contribution in [1.82, 2.24) is 0 Å². The fourth-order valence-electron chi connectivity index (χ4n) is 3.09. The summed E-state index contributed by atoms with van der Waals surface area (Å²) < 4.78 is 1.20. The van der Waals surface area contributed by atoms with Crippen LogP contribution in [0.2, 0.25) is 0 Å². The van der Waals surface area contributed by atoms with E-state index in [9.17, 15) is 4.79 Å². The number of hydrogen-bond donors (Lipinski definition) is 0. The lowest BCUT2D eigenvalue weighted by atomic mass is 9.90. The minimum Gasteiger partial charge on any atom is -0.267 e. The second-order valence-electron chi connectivity index (χ2n) is 5.59. The van der Waals surface area contributed by atoms with Gasteiger partial charge in [0.05, 0.1) is 11.3 Å². The van der Waals surface area contributed by atoms with Gasteiger partial charge in [0.25, 0.3) is 5.91 Å². The molecule has 3 aromatic rings. The van der Waals surface area contributed by atoms with Crippen molar-refractivity contribution in [3.63, 3.8) is 0 Å². The zero-order valence-corrected chi connectivity index (χ0v) is 13.6. The number of amides is 1. The normalized spacial score (nSPS) is 13.1. The number of fused-ring (bicyclic) bond motifs is 1. The molecule has 0 radical (unpaired) electrons. The molecule has 3 heteroatoms. The van der Waals surface area contributed by atoms with Gasteiger partial charge in [-0.1, -0.05) is 78.9 Å². The van der Waals surface area contributed by atoms with Gasteiger partial charge in [0.1, 0.15) is 0 Å². The van der Waals surface area contributed by atoms with E-state index in [0.717, 1.165) is 28.0 Å². The number of hydrogen-bond acceptors (Lipinski definition) is 1. The van der Waals surface area contributed by atoms with Crippen LogP contribution in [0.15, 0.2) is 84.9 Å². The first-order chi connectivity index (χ1) is 11.8. The number of rotatable bonds is 2. The highest BCUT2D eigenvalue weighted by Gasteiger charge is 2.34. The fourth-order valence-corrected chi connectivity index (χ4v) is 3.32. The lowest BCUT2D eigenvalue weighted by Gasteiger charge is -2.12. The third kappa shape index (κ3) is 2.32. The lowest BCUT2D eigenvalue weighted by molar-refractivity contribution is -0.111. The zero-order valence-electron chi connectivity index (χ0n) is 12.8. The van der Waals surface area contributed by atoms with Gasteiger partial charge in [-0.25, -0.2) is 4.42 Å².